The minimum atomic E-state index is -0.201. The molecule has 0 saturated carbocycles. The van der Waals surface area contributed by atoms with Crippen molar-refractivity contribution in [1.29, 1.82) is 0 Å². The van der Waals surface area contributed by atoms with E-state index in [1.165, 1.54) is 5.56 Å². The van der Waals surface area contributed by atoms with Crippen LogP contribution in [0.1, 0.15) is 18.1 Å². The molecule has 2 amide bonds. The number of nitrogens with one attached hydrogen (secondary N) is 2. The van der Waals surface area contributed by atoms with E-state index in [0.29, 0.717) is 6.54 Å². The van der Waals surface area contributed by atoms with Crippen LogP contribution in [0.5, 0.6) is 0 Å². The zero-order chi connectivity index (χ0) is 17.6. The Morgan fingerprint density at radius 3 is 2.56 bits per heavy atom. The van der Waals surface area contributed by atoms with Gasteiger partial charge in [0.1, 0.15) is 0 Å². The highest BCUT2D eigenvalue weighted by atomic mass is 16.5. The molecule has 1 aliphatic rings. The van der Waals surface area contributed by atoms with Crippen LogP contribution in [-0.4, -0.2) is 31.8 Å². The highest BCUT2D eigenvalue weighted by Crippen LogP contribution is 2.20. The Hall–Kier alpha value is -2.53. The van der Waals surface area contributed by atoms with Crippen molar-refractivity contribution in [1.82, 2.24) is 5.32 Å². The van der Waals surface area contributed by atoms with E-state index in [1.54, 1.807) is 0 Å². The Kier molecular flexibility index (Phi) is 5.56. The van der Waals surface area contributed by atoms with Gasteiger partial charge >= 0.3 is 6.03 Å². The molecule has 1 fully saturated rings. The summed E-state index contributed by atoms with van der Waals surface area (Å²) in [7, 11) is 0. The fourth-order valence-corrected chi connectivity index (χ4v) is 2.87. The van der Waals surface area contributed by atoms with Crippen LogP contribution < -0.4 is 15.5 Å². The second-order valence-corrected chi connectivity index (χ2v) is 6.47. The number of aryl methyl sites for hydroxylation is 1. The fraction of sp³-hybridized carbons (Fsp3) is 0.350. The molecule has 1 heterocycles. The second-order valence-electron chi connectivity index (χ2n) is 6.47. The molecule has 0 spiro atoms. The Labute approximate surface area is 149 Å². The SMILES string of the molecule is Cc1ccc(CNC(=O)Nc2ccc(N3CCO[C@H](C)C3)cc2)cc1. The zero-order valence-corrected chi connectivity index (χ0v) is 14.8. The van der Waals surface area contributed by atoms with Crippen molar-refractivity contribution in [2.75, 3.05) is 29.9 Å². The predicted molar refractivity (Wildman–Crippen MR) is 101 cm³/mol. The van der Waals surface area contributed by atoms with E-state index < -0.39 is 0 Å². The molecule has 132 valence electrons. The monoisotopic (exact) mass is 339 g/mol. The summed E-state index contributed by atoms with van der Waals surface area (Å²) in [5.41, 5.74) is 4.23. The topological polar surface area (TPSA) is 53.6 Å². The number of ether oxygens (including phenoxy) is 1. The lowest BCUT2D eigenvalue weighted by Crippen LogP contribution is -2.41. The van der Waals surface area contributed by atoms with Crippen LogP contribution in [0.3, 0.4) is 0 Å². The minimum absolute atomic E-state index is 0.201. The first kappa shape index (κ1) is 17.3. The van der Waals surface area contributed by atoms with Gasteiger partial charge in [-0.3, -0.25) is 0 Å². The van der Waals surface area contributed by atoms with Gasteiger partial charge in [0.15, 0.2) is 0 Å². The maximum atomic E-state index is 12.0. The first-order chi connectivity index (χ1) is 12.1. The van der Waals surface area contributed by atoms with Gasteiger partial charge in [0.25, 0.3) is 0 Å². The van der Waals surface area contributed by atoms with Crippen LogP contribution in [0.2, 0.25) is 0 Å². The molecule has 0 unspecified atom stereocenters. The normalized spacial score (nSPS) is 17.2. The van der Waals surface area contributed by atoms with Gasteiger partial charge in [0, 0.05) is 31.0 Å². The molecule has 5 nitrogen and oxygen atoms in total. The van der Waals surface area contributed by atoms with Gasteiger partial charge in [-0.15, -0.1) is 0 Å². The third kappa shape index (κ3) is 4.97. The third-order valence-corrected chi connectivity index (χ3v) is 4.31. The van der Waals surface area contributed by atoms with Gasteiger partial charge in [0.2, 0.25) is 0 Å². The number of rotatable bonds is 4. The van der Waals surface area contributed by atoms with Crippen LogP contribution in [0.25, 0.3) is 0 Å². The Balaban J connectivity index is 1.50. The number of hydrogen-bond acceptors (Lipinski definition) is 3. The molecule has 3 rings (SSSR count). The summed E-state index contributed by atoms with van der Waals surface area (Å²) in [5, 5.41) is 5.74. The molecule has 0 radical (unpaired) electrons. The number of anilines is 2. The van der Waals surface area contributed by atoms with Gasteiger partial charge in [-0.25, -0.2) is 4.79 Å². The van der Waals surface area contributed by atoms with E-state index in [4.69, 9.17) is 4.74 Å². The number of carbonyl (C=O) groups is 1. The fourth-order valence-electron chi connectivity index (χ4n) is 2.87. The van der Waals surface area contributed by atoms with Crippen molar-refractivity contribution in [2.45, 2.75) is 26.5 Å². The molecule has 0 aromatic heterocycles. The number of nitrogens with zero attached hydrogens (tertiary/aromatic N) is 1. The molecule has 25 heavy (non-hydrogen) atoms. The number of carbonyl (C=O) groups excluding carboxylic acids is 1. The number of hydrogen-bond donors (Lipinski definition) is 2. The summed E-state index contributed by atoms with van der Waals surface area (Å²) < 4.78 is 5.57. The van der Waals surface area contributed by atoms with E-state index in [0.717, 1.165) is 36.6 Å². The van der Waals surface area contributed by atoms with Crippen LogP contribution in [0.4, 0.5) is 16.2 Å². The first-order valence-corrected chi connectivity index (χ1v) is 8.67. The largest absolute Gasteiger partial charge is 0.375 e. The lowest BCUT2D eigenvalue weighted by atomic mass is 10.1. The van der Waals surface area contributed by atoms with Gasteiger partial charge < -0.3 is 20.3 Å². The number of morpholine rings is 1. The maximum absolute atomic E-state index is 12.0. The molecular formula is C20H25N3O2. The molecule has 2 aromatic carbocycles. The lowest BCUT2D eigenvalue weighted by Gasteiger charge is -2.33. The maximum Gasteiger partial charge on any atom is 0.319 e. The quantitative estimate of drug-likeness (QED) is 0.896. The molecular weight excluding hydrogens is 314 g/mol. The Morgan fingerprint density at radius 1 is 1.16 bits per heavy atom. The van der Waals surface area contributed by atoms with Crippen LogP contribution >= 0.6 is 0 Å². The van der Waals surface area contributed by atoms with Crippen molar-refractivity contribution in [3.63, 3.8) is 0 Å². The summed E-state index contributed by atoms with van der Waals surface area (Å²) in [5.74, 6) is 0. The van der Waals surface area contributed by atoms with Crippen molar-refractivity contribution in [3.8, 4) is 0 Å². The Bertz CT molecular complexity index is 698. The zero-order valence-electron chi connectivity index (χ0n) is 14.8. The molecule has 5 heteroatoms. The van der Waals surface area contributed by atoms with Crippen LogP contribution in [0.15, 0.2) is 48.5 Å². The standard InChI is InChI=1S/C20H25N3O2/c1-15-3-5-17(6-4-15)13-21-20(24)22-18-7-9-19(10-8-18)23-11-12-25-16(2)14-23/h3-10,16H,11-14H2,1-2H3,(H2,21,22,24)/t16-/m1/s1. The van der Waals surface area contributed by atoms with E-state index >= 15 is 0 Å². The van der Waals surface area contributed by atoms with Crippen molar-refractivity contribution >= 4 is 17.4 Å². The number of amides is 2. The molecule has 2 aromatic rings. The van der Waals surface area contributed by atoms with Gasteiger partial charge in [-0.05, 0) is 43.7 Å². The third-order valence-electron chi connectivity index (χ3n) is 4.31. The van der Waals surface area contributed by atoms with E-state index in [-0.39, 0.29) is 12.1 Å². The number of benzene rings is 2. The average Bonchev–Trinajstić information content (AvgIpc) is 2.62. The number of urea groups is 1. The predicted octanol–water partition coefficient (Wildman–Crippen LogP) is 3.54. The average molecular weight is 339 g/mol. The van der Waals surface area contributed by atoms with E-state index in [1.807, 2.05) is 55.5 Å². The van der Waals surface area contributed by atoms with Gasteiger partial charge in [-0.1, -0.05) is 29.8 Å². The molecule has 1 aliphatic heterocycles. The van der Waals surface area contributed by atoms with Crippen molar-refractivity contribution < 1.29 is 9.53 Å². The smallest absolute Gasteiger partial charge is 0.319 e. The summed E-state index contributed by atoms with van der Waals surface area (Å²) in [6.07, 6.45) is 0.249. The summed E-state index contributed by atoms with van der Waals surface area (Å²) >= 11 is 0. The summed E-state index contributed by atoms with van der Waals surface area (Å²) in [6.45, 7) is 7.18. The summed E-state index contributed by atoms with van der Waals surface area (Å²) in [6, 6.07) is 15.9. The lowest BCUT2D eigenvalue weighted by molar-refractivity contribution is 0.0532. The van der Waals surface area contributed by atoms with Crippen LogP contribution in [-0.2, 0) is 11.3 Å². The molecule has 0 bridgehead atoms. The first-order valence-electron chi connectivity index (χ1n) is 8.67. The molecule has 1 atom stereocenters. The minimum Gasteiger partial charge on any atom is -0.375 e. The Morgan fingerprint density at radius 2 is 1.88 bits per heavy atom. The van der Waals surface area contributed by atoms with Crippen LogP contribution in [0, 0.1) is 6.92 Å². The molecule has 0 aliphatic carbocycles. The second kappa shape index (κ2) is 8.03. The molecule has 2 N–H and O–H groups in total. The van der Waals surface area contributed by atoms with Gasteiger partial charge in [-0.2, -0.15) is 0 Å². The highest BCUT2D eigenvalue weighted by Gasteiger charge is 2.16. The van der Waals surface area contributed by atoms with E-state index in [9.17, 15) is 4.79 Å². The summed E-state index contributed by atoms with van der Waals surface area (Å²) in [4.78, 5) is 14.3. The highest BCUT2D eigenvalue weighted by molar-refractivity contribution is 5.89. The van der Waals surface area contributed by atoms with Crippen molar-refractivity contribution in [3.05, 3.63) is 59.7 Å². The van der Waals surface area contributed by atoms with Crippen molar-refractivity contribution in [2.24, 2.45) is 0 Å². The van der Waals surface area contributed by atoms with E-state index in [2.05, 4.69) is 22.5 Å². The van der Waals surface area contributed by atoms with Gasteiger partial charge in [0.05, 0.1) is 12.7 Å². The molecule has 1 saturated heterocycles.